The first-order valence-corrected chi connectivity index (χ1v) is 7.12. The second-order valence-electron chi connectivity index (χ2n) is 6.57. The van der Waals surface area contributed by atoms with E-state index in [0.717, 1.165) is 37.9 Å². The summed E-state index contributed by atoms with van der Waals surface area (Å²) in [7, 11) is 1.81. The van der Waals surface area contributed by atoms with Gasteiger partial charge in [-0.3, -0.25) is 4.90 Å². The molecule has 1 atom stereocenters. The number of aryl methyl sites for hydroxylation is 1. The molecule has 1 aliphatic heterocycles. The van der Waals surface area contributed by atoms with Crippen molar-refractivity contribution in [1.29, 1.82) is 0 Å². The van der Waals surface area contributed by atoms with E-state index in [-0.39, 0.29) is 5.54 Å². The third-order valence-electron chi connectivity index (χ3n) is 3.44. The molecule has 108 valence electrons. The number of hydrogen-bond acceptors (Lipinski definition) is 5. The topological polar surface area (TPSA) is 58.9 Å². The minimum Gasteiger partial charge on any atom is -0.312 e. The number of nitrogens with zero attached hydrogens (tertiary/aromatic N) is 5. The Hall–Kier alpha value is -1.01. The third kappa shape index (κ3) is 4.87. The molecule has 0 amide bonds. The van der Waals surface area contributed by atoms with Gasteiger partial charge in [0, 0.05) is 12.1 Å². The lowest BCUT2D eigenvalue weighted by atomic mass is 9.96. The molecule has 2 rings (SSSR count). The molecule has 2 heterocycles. The van der Waals surface area contributed by atoms with Crippen molar-refractivity contribution >= 4 is 0 Å². The monoisotopic (exact) mass is 266 g/mol. The van der Waals surface area contributed by atoms with Gasteiger partial charge in [0.25, 0.3) is 0 Å². The molecule has 1 aliphatic rings. The fourth-order valence-corrected chi connectivity index (χ4v) is 2.50. The van der Waals surface area contributed by atoms with E-state index >= 15 is 0 Å². The lowest BCUT2D eigenvalue weighted by Gasteiger charge is -2.33. The van der Waals surface area contributed by atoms with Gasteiger partial charge in [0.15, 0.2) is 5.82 Å². The molecular formula is C13H26N6. The minimum absolute atomic E-state index is 0.203. The van der Waals surface area contributed by atoms with Gasteiger partial charge < -0.3 is 5.32 Å². The van der Waals surface area contributed by atoms with Crippen molar-refractivity contribution in [2.24, 2.45) is 13.0 Å². The Morgan fingerprint density at radius 3 is 2.79 bits per heavy atom. The van der Waals surface area contributed by atoms with Crippen LogP contribution in [-0.2, 0) is 13.6 Å². The normalized spacial score (nSPS) is 21.8. The van der Waals surface area contributed by atoms with E-state index in [2.05, 4.69) is 46.4 Å². The van der Waals surface area contributed by atoms with Crippen molar-refractivity contribution in [3.8, 4) is 0 Å². The highest BCUT2D eigenvalue weighted by Gasteiger charge is 2.22. The predicted octanol–water partition coefficient (Wildman–Crippen LogP) is 0.810. The van der Waals surface area contributed by atoms with E-state index in [0.29, 0.717) is 0 Å². The van der Waals surface area contributed by atoms with E-state index in [4.69, 9.17) is 0 Å². The lowest BCUT2D eigenvalue weighted by molar-refractivity contribution is 0.156. The Labute approximate surface area is 115 Å². The number of aromatic nitrogens is 4. The highest BCUT2D eigenvalue weighted by molar-refractivity contribution is 4.83. The summed E-state index contributed by atoms with van der Waals surface area (Å²) < 4.78 is 0. The second kappa shape index (κ2) is 5.96. The zero-order valence-electron chi connectivity index (χ0n) is 12.6. The average molecular weight is 266 g/mol. The van der Waals surface area contributed by atoms with Gasteiger partial charge in [-0.25, -0.2) is 0 Å². The Balaban J connectivity index is 1.80. The molecule has 1 fully saturated rings. The van der Waals surface area contributed by atoms with Crippen molar-refractivity contribution in [3.05, 3.63) is 5.82 Å². The summed E-state index contributed by atoms with van der Waals surface area (Å²) in [5.41, 5.74) is 0.203. The summed E-state index contributed by atoms with van der Waals surface area (Å²) in [5, 5.41) is 15.8. The number of tetrazole rings is 1. The first-order chi connectivity index (χ1) is 8.92. The molecular weight excluding hydrogens is 240 g/mol. The van der Waals surface area contributed by atoms with Crippen LogP contribution in [0.4, 0.5) is 0 Å². The van der Waals surface area contributed by atoms with E-state index in [1.165, 1.54) is 17.6 Å². The number of rotatable bonds is 4. The maximum Gasteiger partial charge on any atom is 0.188 e. The van der Waals surface area contributed by atoms with Crippen LogP contribution >= 0.6 is 0 Å². The van der Waals surface area contributed by atoms with Gasteiger partial charge in [0.2, 0.25) is 0 Å². The van der Waals surface area contributed by atoms with Gasteiger partial charge in [-0.2, -0.15) is 4.80 Å². The van der Waals surface area contributed by atoms with Crippen LogP contribution in [-0.4, -0.2) is 50.3 Å². The van der Waals surface area contributed by atoms with Crippen LogP contribution in [0.2, 0.25) is 0 Å². The first-order valence-electron chi connectivity index (χ1n) is 7.12. The van der Waals surface area contributed by atoms with Crippen LogP contribution in [0.25, 0.3) is 0 Å². The van der Waals surface area contributed by atoms with Crippen LogP contribution in [0.15, 0.2) is 0 Å². The number of likely N-dealkylation sites (tertiary alicyclic amines) is 1. The molecule has 0 bridgehead atoms. The highest BCUT2D eigenvalue weighted by Crippen LogP contribution is 2.17. The molecule has 1 N–H and O–H groups in total. The van der Waals surface area contributed by atoms with Gasteiger partial charge in [0.1, 0.15) is 0 Å². The molecule has 1 unspecified atom stereocenters. The van der Waals surface area contributed by atoms with E-state index in [1.807, 2.05) is 7.05 Å². The lowest BCUT2D eigenvalue weighted by Crippen LogP contribution is -2.44. The van der Waals surface area contributed by atoms with E-state index < -0.39 is 0 Å². The Morgan fingerprint density at radius 1 is 1.37 bits per heavy atom. The molecule has 0 spiro atoms. The van der Waals surface area contributed by atoms with Gasteiger partial charge in [-0.15, -0.1) is 10.2 Å². The Kier molecular flexibility index (Phi) is 4.52. The zero-order valence-corrected chi connectivity index (χ0v) is 12.6. The quantitative estimate of drug-likeness (QED) is 0.874. The smallest absolute Gasteiger partial charge is 0.188 e. The van der Waals surface area contributed by atoms with Crippen LogP contribution < -0.4 is 5.32 Å². The van der Waals surface area contributed by atoms with Gasteiger partial charge in [0.05, 0.1) is 13.6 Å². The molecule has 0 aromatic carbocycles. The van der Waals surface area contributed by atoms with E-state index in [9.17, 15) is 0 Å². The van der Waals surface area contributed by atoms with Crippen LogP contribution in [0.1, 0.15) is 39.4 Å². The van der Waals surface area contributed by atoms with E-state index in [1.54, 1.807) is 0 Å². The van der Waals surface area contributed by atoms with Crippen LogP contribution in [0, 0.1) is 5.92 Å². The average Bonchev–Trinajstić information content (AvgIpc) is 2.72. The molecule has 0 aliphatic carbocycles. The summed E-state index contributed by atoms with van der Waals surface area (Å²) >= 11 is 0. The molecule has 19 heavy (non-hydrogen) atoms. The predicted molar refractivity (Wildman–Crippen MR) is 74.6 cm³/mol. The second-order valence-corrected chi connectivity index (χ2v) is 6.57. The minimum atomic E-state index is 0.203. The van der Waals surface area contributed by atoms with Crippen LogP contribution in [0.3, 0.4) is 0 Å². The fraction of sp³-hybridized carbons (Fsp3) is 0.923. The Morgan fingerprint density at radius 2 is 2.16 bits per heavy atom. The van der Waals surface area contributed by atoms with Gasteiger partial charge >= 0.3 is 0 Å². The highest BCUT2D eigenvalue weighted by atomic mass is 15.6. The third-order valence-corrected chi connectivity index (χ3v) is 3.44. The first kappa shape index (κ1) is 14.4. The summed E-state index contributed by atoms with van der Waals surface area (Å²) in [6.45, 7) is 10.8. The molecule has 1 saturated heterocycles. The van der Waals surface area contributed by atoms with Crippen molar-refractivity contribution < 1.29 is 0 Å². The summed E-state index contributed by atoms with van der Waals surface area (Å²) in [6, 6.07) is 0. The Bertz CT molecular complexity index is 394. The largest absolute Gasteiger partial charge is 0.312 e. The maximum atomic E-state index is 4.25. The van der Waals surface area contributed by atoms with Gasteiger partial charge in [-0.1, -0.05) is 0 Å². The van der Waals surface area contributed by atoms with Gasteiger partial charge in [-0.05, 0) is 57.8 Å². The molecule has 6 nitrogen and oxygen atoms in total. The number of hydrogen-bond donors (Lipinski definition) is 1. The van der Waals surface area contributed by atoms with Crippen molar-refractivity contribution in [2.75, 3.05) is 19.6 Å². The van der Waals surface area contributed by atoms with Crippen LogP contribution in [0.5, 0.6) is 0 Å². The molecule has 1 aromatic heterocycles. The molecule has 0 saturated carbocycles. The molecule has 1 aromatic rings. The maximum absolute atomic E-state index is 4.25. The summed E-state index contributed by atoms with van der Waals surface area (Å²) in [6.07, 6.45) is 2.57. The molecule has 0 radical (unpaired) electrons. The van der Waals surface area contributed by atoms with Crippen molar-refractivity contribution in [1.82, 2.24) is 30.4 Å². The molecule has 6 heteroatoms. The summed E-state index contributed by atoms with van der Waals surface area (Å²) in [4.78, 5) is 3.97. The number of piperidine rings is 1. The summed E-state index contributed by atoms with van der Waals surface area (Å²) in [5.74, 6) is 1.55. The van der Waals surface area contributed by atoms with Crippen molar-refractivity contribution in [2.45, 2.75) is 45.7 Å². The zero-order chi connectivity index (χ0) is 13.9. The number of nitrogens with one attached hydrogen (secondary N) is 1. The standard InChI is InChI=1S/C13H26N6/c1-13(2,3)14-8-11-6-5-7-19(9-11)10-12-15-17-18(4)16-12/h11,14H,5-10H2,1-4H3. The van der Waals surface area contributed by atoms with Crippen molar-refractivity contribution in [3.63, 3.8) is 0 Å². The SMILES string of the molecule is Cn1nnc(CN2CCCC(CNC(C)(C)C)C2)n1. The fourth-order valence-electron chi connectivity index (χ4n) is 2.50.